The van der Waals surface area contributed by atoms with E-state index in [1.165, 1.54) is 10.6 Å². The molecule has 0 aromatic carbocycles. The number of carbonyl (C=O) groups is 1. The second-order valence-electron chi connectivity index (χ2n) is 6.78. The number of hydrogen-bond acceptors (Lipinski definition) is 4. The van der Waals surface area contributed by atoms with Crippen LogP contribution in [0.25, 0.3) is 5.65 Å². The fraction of sp³-hybridized carbons (Fsp3) is 0.222. The molecule has 8 nitrogen and oxygen atoms in total. The Morgan fingerprint density at radius 3 is 3.00 bits per heavy atom. The van der Waals surface area contributed by atoms with Crippen molar-refractivity contribution in [3.63, 3.8) is 0 Å². The Hall–Kier alpha value is -3.20. The molecule has 0 aliphatic carbocycles. The van der Waals surface area contributed by atoms with E-state index >= 15 is 0 Å². The van der Waals surface area contributed by atoms with Gasteiger partial charge in [0.2, 0.25) is 5.95 Å². The maximum atomic E-state index is 14.8. The molecule has 0 saturated heterocycles. The maximum Gasteiger partial charge on any atom is 0.277 e. The van der Waals surface area contributed by atoms with Crippen LogP contribution in [-0.2, 0) is 13.6 Å². The van der Waals surface area contributed by atoms with Gasteiger partial charge in [-0.25, -0.2) is 9.97 Å². The molecule has 0 saturated carbocycles. The quantitative estimate of drug-likeness (QED) is 0.561. The lowest BCUT2D eigenvalue weighted by Crippen LogP contribution is -2.39. The summed E-state index contributed by atoms with van der Waals surface area (Å²) in [6.07, 6.45) is 6.66. The monoisotopic (exact) mass is 399 g/mol. The number of pyridine rings is 1. The van der Waals surface area contributed by atoms with Crippen molar-refractivity contribution in [3.05, 3.63) is 70.7 Å². The van der Waals surface area contributed by atoms with Crippen molar-refractivity contribution in [1.29, 1.82) is 0 Å². The molecule has 5 heterocycles. The molecule has 4 aromatic rings. The van der Waals surface area contributed by atoms with Crippen LogP contribution >= 0.6 is 11.6 Å². The van der Waals surface area contributed by atoms with Gasteiger partial charge in [-0.1, -0.05) is 11.6 Å². The highest BCUT2D eigenvalue weighted by Crippen LogP contribution is 2.32. The SMILES string of the molecule is Cn1cc(C2CN(C(=O)c3nc4ccc(Cl)cn4c3F)Cc3[nH]cnc32)cn1. The zero-order chi connectivity index (χ0) is 19.4. The number of aromatic amines is 1. The van der Waals surface area contributed by atoms with Crippen LogP contribution in [0, 0.1) is 5.95 Å². The van der Waals surface area contributed by atoms with Crippen molar-refractivity contribution in [2.24, 2.45) is 7.05 Å². The third kappa shape index (κ3) is 2.58. The van der Waals surface area contributed by atoms with Crippen molar-refractivity contribution in [3.8, 4) is 0 Å². The highest BCUT2D eigenvalue weighted by Gasteiger charge is 2.34. The molecule has 10 heteroatoms. The van der Waals surface area contributed by atoms with Gasteiger partial charge >= 0.3 is 0 Å². The van der Waals surface area contributed by atoms with E-state index in [0.29, 0.717) is 23.8 Å². The van der Waals surface area contributed by atoms with Crippen LogP contribution in [0.4, 0.5) is 4.39 Å². The third-order valence-electron chi connectivity index (χ3n) is 4.97. The number of imidazole rings is 2. The lowest BCUT2D eigenvalue weighted by Gasteiger charge is -2.31. The third-order valence-corrected chi connectivity index (χ3v) is 5.20. The van der Waals surface area contributed by atoms with Gasteiger partial charge in [0.25, 0.3) is 5.91 Å². The average molecular weight is 400 g/mol. The number of rotatable bonds is 2. The summed E-state index contributed by atoms with van der Waals surface area (Å²) in [5.41, 5.74) is 2.74. The first-order chi connectivity index (χ1) is 13.5. The summed E-state index contributed by atoms with van der Waals surface area (Å²) in [4.78, 5) is 26.3. The molecular formula is C18H15ClFN7O. The van der Waals surface area contributed by atoms with Gasteiger partial charge in [-0.15, -0.1) is 0 Å². The van der Waals surface area contributed by atoms with Crippen molar-refractivity contribution in [2.45, 2.75) is 12.5 Å². The van der Waals surface area contributed by atoms with Gasteiger partial charge in [-0.2, -0.15) is 9.49 Å². The number of aromatic nitrogens is 6. The molecule has 5 rings (SSSR count). The first kappa shape index (κ1) is 16.9. The van der Waals surface area contributed by atoms with E-state index in [9.17, 15) is 9.18 Å². The minimum absolute atomic E-state index is 0.151. The minimum Gasteiger partial charge on any atom is -0.347 e. The van der Waals surface area contributed by atoms with Gasteiger partial charge in [-0.3, -0.25) is 13.9 Å². The van der Waals surface area contributed by atoms with Crippen LogP contribution in [0.2, 0.25) is 5.02 Å². The van der Waals surface area contributed by atoms with E-state index in [4.69, 9.17) is 11.6 Å². The van der Waals surface area contributed by atoms with Crippen LogP contribution in [0.1, 0.15) is 33.4 Å². The van der Waals surface area contributed by atoms with Crippen LogP contribution in [0.3, 0.4) is 0 Å². The highest BCUT2D eigenvalue weighted by atomic mass is 35.5. The van der Waals surface area contributed by atoms with Gasteiger partial charge in [0.15, 0.2) is 5.69 Å². The van der Waals surface area contributed by atoms with E-state index in [0.717, 1.165) is 17.0 Å². The predicted octanol–water partition coefficient (Wildman–Crippen LogP) is 2.37. The van der Waals surface area contributed by atoms with Gasteiger partial charge in [0, 0.05) is 37.5 Å². The summed E-state index contributed by atoms with van der Waals surface area (Å²) in [5, 5.41) is 4.58. The van der Waals surface area contributed by atoms with E-state index in [1.807, 2.05) is 13.2 Å². The summed E-state index contributed by atoms with van der Waals surface area (Å²) >= 11 is 5.93. The lowest BCUT2D eigenvalue weighted by atomic mass is 9.93. The van der Waals surface area contributed by atoms with Gasteiger partial charge in [-0.05, 0) is 12.1 Å². The zero-order valence-electron chi connectivity index (χ0n) is 14.8. The fourth-order valence-corrected chi connectivity index (χ4v) is 3.80. The van der Waals surface area contributed by atoms with E-state index in [2.05, 4.69) is 20.1 Å². The molecule has 1 unspecified atom stereocenters. The van der Waals surface area contributed by atoms with Gasteiger partial charge < -0.3 is 9.88 Å². The van der Waals surface area contributed by atoms with Gasteiger partial charge in [0.1, 0.15) is 5.65 Å². The molecule has 0 radical (unpaired) electrons. The molecule has 142 valence electrons. The van der Waals surface area contributed by atoms with Crippen LogP contribution in [-0.4, -0.2) is 46.5 Å². The van der Waals surface area contributed by atoms with Crippen molar-refractivity contribution < 1.29 is 9.18 Å². The molecule has 0 bridgehead atoms. The van der Waals surface area contributed by atoms with Crippen molar-refractivity contribution in [1.82, 2.24) is 34.0 Å². The molecule has 1 N–H and O–H groups in total. The number of halogens is 2. The topological polar surface area (TPSA) is 84.1 Å². The molecule has 0 spiro atoms. The van der Waals surface area contributed by atoms with Crippen LogP contribution in [0.15, 0.2) is 37.1 Å². The number of amides is 1. The summed E-state index contributed by atoms with van der Waals surface area (Å²) in [6, 6.07) is 3.18. The van der Waals surface area contributed by atoms with E-state index in [1.54, 1.807) is 34.2 Å². The number of aryl methyl sites for hydroxylation is 1. The Bertz CT molecular complexity index is 1210. The zero-order valence-corrected chi connectivity index (χ0v) is 15.6. The van der Waals surface area contributed by atoms with Crippen LogP contribution < -0.4 is 0 Å². The lowest BCUT2D eigenvalue weighted by molar-refractivity contribution is 0.0711. The number of H-pyrrole nitrogens is 1. The van der Waals surface area contributed by atoms with Crippen molar-refractivity contribution >= 4 is 23.2 Å². The summed E-state index contributed by atoms with van der Waals surface area (Å²) < 4.78 is 17.7. The molecule has 1 amide bonds. The maximum absolute atomic E-state index is 14.8. The molecule has 28 heavy (non-hydrogen) atoms. The number of nitrogens with one attached hydrogen (secondary N) is 1. The predicted molar refractivity (Wildman–Crippen MR) is 98.5 cm³/mol. The Morgan fingerprint density at radius 1 is 1.36 bits per heavy atom. The second-order valence-corrected chi connectivity index (χ2v) is 7.22. The summed E-state index contributed by atoms with van der Waals surface area (Å²) in [7, 11) is 1.83. The standard InChI is InChI=1S/C18H15ClFN7O/c1-25-5-10(4-23-25)12-7-26(8-13-15(12)22-9-21-13)18(28)16-17(20)27-6-11(19)2-3-14(27)24-16/h2-6,9,12H,7-8H2,1H3,(H,21,22). The highest BCUT2D eigenvalue weighted by molar-refractivity contribution is 6.30. The fourth-order valence-electron chi connectivity index (χ4n) is 3.63. The number of hydrogen-bond donors (Lipinski definition) is 1. The smallest absolute Gasteiger partial charge is 0.277 e. The molecule has 0 fully saturated rings. The first-order valence-electron chi connectivity index (χ1n) is 8.64. The van der Waals surface area contributed by atoms with Crippen LogP contribution in [0.5, 0.6) is 0 Å². The van der Waals surface area contributed by atoms with Crippen molar-refractivity contribution in [2.75, 3.05) is 6.54 Å². The largest absolute Gasteiger partial charge is 0.347 e. The first-order valence-corrected chi connectivity index (χ1v) is 9.02. The average Bonchev–Trinajstić information content (AvgIpc) is 3.40. The minimum atomic E-state index is -0.726. The molecule has 1 atom stereocenters. The Labute approximate surface area is 163 Å². The molecular weight excluding hydrogens is 385 g/mol. The summed E-state index contributed by atoms with van der Waals surface area (Å²) in [5.74, 6) is -1.36. The number of nitrogens with zero attached hydrogens (tertiary/aromatic N) is 6. The Morgan fingerprint density at radius 2 is 2.21 bits per heavy atom. The van der Waals surface area contributed by atoms with Gasteiger partial charge in [0.05, 0.1) is 35.5 Å². The summed E-state index contributed by atoms with van der Waals surface area (Å²) in [6.45, 7) is 0.662. The number of fused-ring (bicyclic) bond motifs is 2. The number of carbonyl (C=O) groups excluding carboxylic acids is 1. The molecule has 4 aromatic heterocycles. The second kappa shape index (κ2) is 6.16. The van der Waals surface area contributed by atoms with E-state index < -0.39 is 11.9 Å². The van der Waals surface area contributed by atoms with E-state index in [-0.39, 0.29) is 11.6 Å². The Kier molecular flexibility index (Phi) is 3.73. The molecule has 1 aliphatic heterocycles. The normalized spacial score (nSPS) is 16.5. The molecule has 1 aliphatic rings. The Balaban J connectivity index is 1.53.